The molecule has 0 spiro atoms. The maximum Gasteiger partial charge on any atom is 0.394 e. The lowest BCUT2D eigenvalue weighted by atomic mass is 10.0. The van der Waals surface area contributed by atoms with Gasteiger partial charge in [0, 0.05) is 30.0 Å². The van der Waals surface area contributed by atoms with E-state index in [0.29, 0.717) is 16.5 Å². The van der Waals surface area contributed by atoms with Gasteiger partial charge in [0.05, 0.1) is 18.3 Å². The number of carboxylic acids is 2. The Morgan fingerprint density at radius 1 is 1.16 bits per heavy atom. The summed E-state index contributed by atoms with van der Waals surface area (Å²) in [4.78, 5) is 46.4. The number of aromatic carboxylic acids is 1. The number of thiophene rings is 1. The summed E-state index contributed by atoms with van der Waals surface area (Å²) in [7, 11) is 0. The Morgan fingerprint density at radius 3 is 2.47 bits per heavy atom. The number of ether oxygens (including phenoxy) is 1. The van der Waals surface area contributed by atoms with Crippen LogP contribution >= 0.6 is 11.3 Å². The SMILES string of the molecule is O=C(C=Cc1cc(F)cc(F)c1)NCC1Cc2c(sc(NC(=O)C(=O)O)c2C(=O)O)CO1. The van der Waals surface area contributed by atoms with Gasteiger partial charge in [0.15, 0.2) is 0 Å². The predicted molar refractivity (Wildman–Crippen MR) is 108 cm³/mol. The first-order valence-electron chi connectivity index (χ1n) is 9.09. The van der Waals surface area contributed by atoms with Crippen LogP contribution in [0.3, 0.4) is 0 Å². The summed E-state index contributed by atoms with van der Waals surface area (Å²) in [6, 6.07) is 2.83. The molecule has 9 nitrogen and oxygen atoms in total. The van der Waals surface area contributed by atoms with Gasteiger partial charge in [-0.15, -0.1) is 11.3 Å². The largest absolute Gasteiger partial charge is 0.478 e. The fourth-order valence-electron chi connectivity index (χ4n) is 3.04. The van der Waals surface area contributed by atoms with Crippen LogP contribution in [0, 0.1) is 11.6 Å². The van der Waals surface area contributed by atoms with Crippen molar-refractivity contribution in [3.8, 4) is 0 Å². The van der Waals surface area contributed by atoms with E-state index in [2.05, 4.69) is 10.6 Å². The molecule has 0 saturated carbocycles. The highest BCUT2D eigenvalue weighted by Crippen LogP contribution is 2.37. The Hall–Kier alpha value is -3.64. The lowest BCUT2D eigenvalue weighted by Gasteiger charge is -2.23. The van der Waals surface area contributed by atoms with Gasteiger partial charge in [-0.1, -0.05) is 0 Å². The molecule has 0 aliphatic carbocycles. The van der Waals surface area contributed by atoms with Gasteiger partial charge in [0.2, 0.25) is 5.91 Å². The van der Waals surface area contributed by atoms with Crippen LogP contribution in [0.5, 0.6) is 0 Å². The van der Waals surface area contributed by atoms with Crippen LogP contribution in [-0.4, -0.2) is 46.6 Å². The average molecular weight is 466 g/mol. The molecule has 1 aromatic heterocycles. The van der Waals surface area contributed by atoms with Gasteiger partial charge < -0.3 is 25.6 Å². The van der Waals surface area contributed by atoms with Crippen molar-refractivity contribution < 1.29 is 42.9 Å². The summed E-state index contributed by atoms with van der Waals surface area (Å²) < 4.78 is 32.0. The van der Waals surface area contributed by atoms with Gasteiger partial charge >= 0.3 is 17.8 Å². The number of hydrogen-bond acceptors (Lipinski definition) is 6. The number of halogens is 2. The summed E-state index contributed by atoms with van der Waals surface area (Å²) >= 11 is 0.910. The molecule has 0 fully saturated rings. The van der Waals surface area contributed by atoms with Crippen molar-refractivity contribution in [2.24, 2.45) is 0 Å². The second-order valence-electron chi connectivity index (χ2n) is 6.69. The smallest absolute Gasteiger partial charge is 0.394 e. The van der Waals surface area contributed by atoms with Crippen molar-refractivity contribution in [1.82, 2.24) is 5.32 Å². The van der Waals surface area contributed by atoms with Crippen molar-refractivity contribution >= 4 is 46.2 Å². The fourth-order valence-corrected chi connectivity index (χ4v) is 4.18. The molecular weight excluding hydrogens is 450 g/mol. The molecule has 1 aromatic carbocycles. The van der Waals surface area contributed by atoms with E-state index in [1.165, 1.54) is 6.08 Å². The maximum atomic E-state index is 13.2. The quantitative estimate of drug-likeness (QED) is 0.377. The molecule has 32 heavy (non-hydrogen) atoms. The number of rotatable bonds is 6. The molecule has 0 radical (unpaired) electrons. The van der Waals surface area contributed by atoms with E-state index in [0.717, 1.165) is 29.5 Å². The summed E-state index contributed by atoms with van der Waals surface area (Å²) in [6.45, 7) is 0.0357. The van der Waals surface area contributed by atoms with E-state index < -0.39 is 41.5 Å². The topological polar surface area (TPSA) is 142 Å². The Kier molecular flexibility index (Phi) is 6.95. The molecule has 2 aromatic rings. The van der Waals surface area contributed by atoms with E-state index in [4.69, 9.17) is 9.84 Å². The van der Waals surface area contributed by atoms with Crippen molar-refractivity contribution in [2.45, 2.75) is 19.1 Å². The van der Waals surface area contributed by atoms with Gasteiger partial charge in [-0.2, -0.15) is 0 Å². The summed E-state index contributed by atoms with van der Waals surface area (Å²) in [5.41, 5.74) is 0.336. The molecular formula is C20H16F2N2O7S. The molecule has 3 rings (SSSR count). The molecule has 12 heteroatoms. The van der Waals surface area contributed by atoms with Crippen molar-refractivity contribution in [3.05, 3.63) is 57.5 Å². The number of amides is 2. The Balaban J connectivity index is 1.64. The van der Waals surface area contributed by atoms with Crippen LogP contribution < -0.4 is 10.6 Å². The zero-order chi connectivity index (χ0) is 23.4. The van der Waals surface area contributed by atoms with Crippen molar-refractivity contribution in [1.29, 1.82) is 0 Å². The molecule has 2 heterocycles. The average Bonchev–Trinajstić information content (AvgIpc) is 3.07. The van der Waals surface area contributed by atoms with E-state index >= 15 is 0 Å². The first kappa shape index (κ1) is 23.0. The zero-order valence-electron chi connectivity index (χ0n) is 16.2. The predicted octanol–water partition coefficient (Wildman–Crippen LogP) is 2.02. The number of fused-ring (bicyclic) bond motifs is 1. The number of hydrogen-bond donors (Lipinski definition) is 4. The van der Waals surface area contributed by atoms with E-state index in [1.54, 1.807) is 0 Å². The van der Waals surface area contributed by atoms with Gasteiger partial charge in [-0.25, -0.2) is 18.4 Å². The van der Waals surface area contributed by atoms with Crippen LogP contribution in [0.4, 0.5) is 13.8 Å². The minimum Gasteiger partial charge on any atom is -0.478 e. The number of carbonyl (C=O) groups excluding carboxylic acids is 2. The summed E-state index contributed by atoms with van der Waals surface area (Å²) in [6.07, 6.45) is 1.85. The number of anilines is 1. The fraction of sp³-hybridized carbons (Fsp3) is 0.200. The summed E-state index contributed by atoms with van der Waals surface area (Å²) in [5.74, 6) is -6.56. The first-order valence-corrected chi connectivity index (χ1v) is 9.91. The normalized spacial score (nSPS) is 15.2. The minimum absolute atomic E-state index is 0.0160. The Bertz CT molecular complexity index is 1110. The monoisotopic (exact) mass is 466 g/mol. The molecule has 0 bridgehead atoms. The Labute approximate surface area is 183 Å². The van der Waals surface area contributed by atoms with E-state index in [-0.39, 0.29) is 35.7 Å². The Morgan fingerprint density at radius 2 is 1.84 bits per heavy atom. The van der Waals surface area contributed by atoms with Crippen LogP contribution in [0.1, 0.15) is 26.4 Å². The molecule has 1 aliphatic rings. The first-order chi connectivity index (χ1) is 15.1. The second kappa shape index (κ2) is 9.66. The van der Waals surface area contributed by atoms with Crippen LogP contribution in [0.25, 0.3) is 6.08 Å². The zero-order valence-corrected chi connectivity index (χ0v) is 17.0. The lowest BCUT2D eigenvalue weighted by molar-refractivity contribution is -0.147. The molecule has 1 unspecified atom stereocenters. The number of aliphatic carboxylic acids is 1. The molecule has 0 saturated heterocycles. The number of nitrogens with one attached hydrogen (secondary N) is 2. The van der Waals surface area contributed by atoms with Crippen LogP contribution in [0.15, 0.2) is 24.3 Å². The van der Waals surface area contributed by atoms with Crippen molar-refractivity contribution in [3.63, 3.8) is 0 Å². The standard InChI is InChI=1S/C20H16F2N2O7S/c21-10-3-9(4-11(22)5-10)1-2-15(25)23-7-12-6-13-14(8-31-12)32-18(16(13)19(27)28)24-17(26)20(29)30/h1-5,12H,6-8H2,(H,23,25)(H,24,26)(H,27,28)(H,29,30). The number of carboxylic acid groups (broad SMARTS) is 2. The molecule has 2 amide bonds. The molecule has 4 N–H and O–H groups in total. The van der Waals surface area contributed by atoms with E-state index in [9.17, 15) is 33.1 Å². The lowest BCUT2D eigenvalue weighted by Crippen LogP contribution is -2.36. The summed E-state index contributed by atoms with van der Waals surface area (Å²) in [5, 5.41) is 22.8. The highest BCUT2D eigenvalue weighted by Gasteiger charge is 2.31. The highest BCUT2D eigenvalue weighted by molar-refractivity contribution is 7.17. The van der Waals surface area contributed by atoms with Crippen LogP contribution in [0.2, 0.25) is 0 Å². The van der Waals surface area contributed by atoms with Gasteiger partial charge in [-0.3, -0.25) is 9.59 Å². The van der Waals surface area contributed by atoms with Gasteiger partial charge in [-0.05, 0) is 29.3 Å². The minimum atomic E-state index is -1.75. The molecule has 1 aliphatic heterocycles. The third-order valence-electron chi connectivity index (χ3n) is 4.42. The number of carbonyl (C=O) groups is 4. The molecule has 1 atom stereocenters. The second-order valence-corrected chi connectivity index (χ2v) is 7.80. The van der Waals surface area contributed by atoms with Gasteiger partial charge in [0.25, 0.3) is 0 Å². The highest BCUT2D eigenvalue weighted by atomic mass is 32.1. The van der Waals surface area contributed by atoms with Crippen molar-refractivity contribution in [2.75, 3.05) is 11.9 Å². The maximum absolute atomic E-state index is 13.2. The third-order valence-corrected chi connectivity index (χ3v) is 5.54. The molecule has 168 valence electrons. The van der Waals surface area contributed by atoms with Gasteiger partial charge in [0.1, 0.15) is 16.6 Å². The third kappa shape index (κ3) is 5.53. The van der Waals surface area contributed by atoms with Crippen LogP contribution in [-0.2, 0) is 32.1 Å². The van der Waals surface area contributed by atoms with E-state index in [1.807, 2.05) is 0 Å². The number of benzene rings is 1.